The molecule has 0 aliphatic carbocycles. The minimum atomic E-state index is 0.134. The van der Waals surface area contributed by atoms with Crippen molar-refractivity contribution in [3.63, 3.8) is 0 Å². The second-order valence-corrected chi connectivity index (χ2v) is 8.46. The number of fused-ring (bicyclic) bond motifs is 1. The molecular formula is C25H28N8O2. The molecular weight excluding hydrogens is 444 g/mol. The number of aryl methyl sites for hydroxylation is 1. The molecule has 3 heterocycles. The summed E-state index contributed by atoms with van der Waals surface area (Å²) in [5.41, 5.74) is 4.50. The lowest BCUT2D eigenvalue weighted by molar-refractivity contribution is 0.380. The quantitative estimate of drug-likeness (QED) is 0.385. The van der Waals surface area contributed by atoms with Crippen LogP contribution in [0.15, 0.2) is 54.0 Å². The second kappa shape index (κ2) is 9.57. The van der Waals surface area contributed by atoms with Crippen molar-refractivity contribution in [2.45, 2.75) is 19.4 Å². The number of aromatic nitrogens is 5. The number of benzene rings is 2. The Kier molecular flexibility index (Phi) is 6.17. The van der Waals surface area contributed by atoms with Crippen molar-refractivity contribution in [3.8, 4) is 11.5 Å². The summed E-state index contributed by atoms with van der Waals surface area (Å²) in [5, 5.41) is 10.7. The topological polar surface area (TPSA) is 93.8 Å². The van der Waals surface area contributed by atoms with Crippen LogP contribution in [0.2, 0.25) is 0 Å². The van der Waals surface area contributed by atoms with Crippen LogP contribution in [0.25, 0.3) is 11.0 Å². The highest BCUT2D eigenvalue weighted by Crippen LogP contribution is 2.34. The summed E-state index contributed by atoms with van der Waals surface area (Å²) < 4.78 is 12.9. The van der Waals surface area contributed by atoms with Gasteiger partial charge in [-0.05, 0) is 25.1 Å². The molecule has 0 fully saturated rings. The molecule has 0 saturated heterocycles. The van der Waals surface area contributed by atoms with E-state index < -0.39 is 0 Å². The summed E-state index contributed by atoms with van der Waals surface area (Å²) in [6.07, 6.45) is 5.52. The highest BCUT2D eigenvalue weighted by Gasteiger charge is 2.20. The standard InChI is InChI=1S/C25H28N8O2/c1-17-27-16-32(30-17)7-8-33(20-9-21(34-3)12-22(10-20)35-4)19-5-6-23-24(11-19)29-25(14-26-23)18-13-28-31(2)15-18/h5-6,9-14,16,18H,7-8,15H2,1-4H3. The van der Waals surface area contributed by atoms with Gasteiger partial charge in [-0.15, -0.1) is 0 Å². The molecule has 1 atom stereocenters. The van der Waals surface area contributed by atoms with Crippen molar-refractivity contribution in [2.75, 3.05) is 39.3 Å². The van der Waals surface area contributed by atoms with Gasteiger partial charge in [0.15, 0.2) is 0 Å². The minimum absolute atomic E-state index is 0.134. The number of nitrogens with zero attached hydrogens (tertiary/aromatic N) is 8. The van der Waals surface area contributed by atoms with Crippen molar-refractivity contribution in [1.29, 1.82) is 0 Å². The average molecular weight is 473 g/mol. The van der Waals surface area contributed by atoms with Crippen LogP contribution >= 0.6 is 0 Å². The maximum absolute atomic E-state index is 5.53. The lowest BCUT2D eigenvalue weighted by atomic mass is 10.1. The third-order valence-corrected chi connectivity index (χ3v) is 5.99. The van der Waals surface area contributed by atoms with Crippen molar-refractivity contribution >= 4 is 28.6 Å². The largest absolute Gasteiger partial charge is 0.497 e. The van der Waals surface area contributed by atoms with Crippen LogP contribution in [-0.2, 0) is 6.54 Å². The molecule has 35 heavy (non-hydrogen) atoms. The van der Waals surface area contributed by atoms with E-state index in [4.69, 9.17) is 14.5 Å². The van der Waals surface area contributed by atoms with Gasteiger partial charge in [0.05, 0.1) is 43.4 Å². The van der Waals surface area contributed by atoms with E-state index in [0.717, 1.165) is 40.5 Å². The summed E-state index contributed by atoms with van der Waals surface area (Å²) in [6, 6.07) is 12.0. The predicted octanol–water partition coefficient (Wildman–Crippen LogP) is 3.40. The van der Waals surface area contributed by atoms with Crippen molar-refractivity contribution in [2.24, 2.45) is 5.10 Å². The van der Waals surface area contributed by atoms with E-state index in [2.05, 4.69) is 37.2 Å². The molecule has 1 aliphatic heterocycles. The van der Waals surface area contributed by atoms with E-state index in [1.165, 1.54) is 0 Å². The van der Waals surface area contributed by atoms with Crippen LogP contribution in [0.4, 0.5) is 11.4 Å². The van der Waals surface area contributed by atoms with Gasteiger partial charge < -0.3 is 14.4 Å². The molecule has 180 valence electrons. The van der Waals surface area contributed by atoms with Gasteiger partial charge >= 0.3 is 0 Å². The Morgan fingerprint density at radius 3 is 2.46 bits per heavy atom. The Labute approximate surface area is 203 Å². The molecule has 5 rings (SSSR count). The fourth-order valence-electron chi connectivity index (χ4n) is 4.16. The van der Waals surface area contributed by atoms with Crippen LogP contribution in [0, 0.1) is 6.92 Å². The molecule has 1 aliphatic rings. The predicted molar refractivity (Wildman–Crippen MR) is 135 cm³/mol. The van der Waals surface area contributed by atoms with E-state index in [9.17, 15) is 0 Å². The summed E-state index contributed by atoms with van der Waals surface area (Å²) in [7, 11) is 5.26. The van der Waals surface area contributed by atoms with Crippen molar-refractivity contribution in [3.05, 3.63) is 60.4 Å². The number of likely N-dealkylation sites (N-methyl/N-ethyl adjacent to an activating group) is 1. The third-order valence-electron chi connectivity index (χ3n) is 5.99. The summed E-state index contributed by atoms with van der Waals surface area (Å²) in [5.74, 6) is 2.31. The fourth-order valence-corrected chi connectivity index (χ4v) is 4.16. The Morgan fingerprint density at radius 1 is 1.00 bits per heavy atom. The Bertz CT molecular complexity index is 1350. The van der Waals surface area contributed by atoms with E-state index in [1.807, 2.05) is 60.3 Å². The molecule has 1 unspecified atom stereocenters. The highest BCUT2D eigenvalue weighted by atomic mass is 16.5. The number of hydrogen-bond donors (Lipinski definition) is 0. The molecule has 10 nitrogen and oxygen atoms in total. The van der Waals surface area contributed by atoms with Gasteiger partial charge in [0.2, 0.25) is 0 Å². The SMILES string of the molecule is COc1cc(OC)cc(N(CCn2cnc(C)n2)c2ccc3ncc(C4C=NN(C)C4)nc3c2)c1. The van der Waals surface area contributed by atoms with Gasteiger partial charge in [0, 0.05) is 62.1 Å². The van der Waals surface area contributed by atoms with E-state index >= 15 is 0 Å². The normalized spacial score (nSPS) is 15.1. The molecule has 2 aromatic carbocycles. The molecule has 10 heteroatoms. The van der Waals surface area contributed by atoms with E-state index in [1.54, 1.807) is 20.5 Å². The molecule has 0 N–H and O–H groups in total. The van der Waals surface area contributed by atoms with Crippen molar-refractivity contribution < 1.29 is 9.47 Å². The smallest absolute Gasteiger partial charge is 0.147 e. The first-order valence-corrected chi connectivity index (χ1v) is 11.4. The number of anilines is 2. The molecule has 0 radical (unpaired) electrons. The molecule has 4 aromatic rings. The Hall–Kier alpha value is -4.21. The van der Waals surface area contributed by atoms with Crippen molar-refractivity contribution in [1.82, 2.24) is 29.7 Å². The van der Waals surface area contributed by atoms with Gasteiger partial charge in [-0.3, -0.25) is 14.7 Å². The average Bonchev–Trinajstić information content (AvgIpc) is 3.51. The van der Waals surface area contributed by atoms with Crippen LogP contribution in [0.1, 0.15) is 17.4 Å². The Morgan fingerprint density at radius 2 is 1.80 bits per heavy atom. The van der Waals surface area contributed by atoms with Gasteiger partial charge in [-0.1, -0.05) is 0 Å². The molecule has 0 bridgehead atoms. The number of ether oxygens (including phenoxy) is 2. The fraction of sp³-hybridized carbons (Fsp3) is 0.320. The first kappa shape index (κ1) is 22.6. The Balaban J connectivity index is 1.54. The minimum Gasteiger partial charge on any atom is -0.497 e. The lowest BCUT2D eigenvalue weighted by Crippen LogP contribution is -2.23. The number of rotatable bonds is 8. The zero-order chi connectivity index (χ0) is 24.4. The first-order chi connectivity index (χ1) is 17.0. The summed E-state index contributed by atoms with van der Waals surface area (Å²) >= 11 is 0. The molecule has 0 spiro atoms. The zero-order valence-corrected chi connectivity index (χ0v) is 20.3. The maximum Gasteiger partial charge on any atom is 0.147 e. The van der Waals surface area contributed by atoms with Crippen LogP contribution in [0.3, 0.4) is 0 Å². The number of hydrazone groups is 1. The summed E-state index contributed by atoms with van der Waals surface area (Å²) in [4.78, 5) is 16.0. The number of methoxy groups -OCH3 is 2. The van der Waals surface area contributed by atoms with Gasteiger partial charge in [0.1, 0.15) is 23.7 Å². The zero-order valence-electron chi connectivity index (χ0n) is 20.3. The molecule has 0 amide bonds. The van der Waals surface area contributed by atoms with Crippen LogP contribution in [-0.4, -0.2) is 70.3 Å². The third kappa shape index (κ3) is 4.86. The highest BCUT2D eigenvalue weighted by molar-refractivity contribution is 5.82. The molecule has 2 aromatic heterocycles. The van der Waals surface area contributed by atoms with Gasteiger partial charge in [-0.25, -0.2) is 9.97 Å². The first-order valence-electron chi connectivity index (χ1n) is 11.4. The molecule has 0 saturated carbocycles. The lowest BCUT2D eigenvalue weighted by Gasteiger charge is -2.26. The van der Waals surface area contributed by atoms with Crippen LogP contribution < -0.4 is 14.4 Å². The number of hydrogen-bond acceptors (Lipinski definition) is 9. The van der Waals surface area contributed by atoms with E-state index in [-0.39, 0.29) is 5.92 Å². The second-order valence-electron chi connectivity index (χ2n) is 8.46. The van der Waals surface area contributed by atoms with Gasteiger partial charge in [-0.2, -0.15) is 10.2 Å². The summed E-state index contributed by atoms with van der Waals surface area (Å²) in [6.45, 7) is 3.98. The monoisotopic (exact) mass is 472 g/mol. The maximum atomic E-state index is 5.53. The van der Waals surface area contributed by atoms with Crippen LogP contribution in [0.5, 0.6) is 11.5 Å². The van der Waals surface area contributed by atoms with E-state index in [0.29, 0.717) is 24.6 Å². The van der Waals surface area contributed by atoms with Gasteiger partial charge in [0.25, 0.3) is 0 Å².